The van der Waals surface area contributed by atoms with Crippen molar-refractivity contribution < 1.29 is 18.9 Å². The van der Waals surface area contributed by atoms with Gasteiger partial charge in [-0.1, -0.05) is 41.9 Å². The molecule has 2 aliphatic rings. The van der Waals surface area contributed by atoms with Crippen LogP contribution < -0.4 is 0 Å². The monoisotopic (exact) mass is 296 g/mol. The number of methoxy groups -OCH3 is 1. The molecule has 2 heterocycles. The molecule has 3 rings (SSSR count). The third kappa shape index (κ3) is 2.75. The van der Waals surface area contributed by atoms with Gasteiger partial charge in [0.1, 0.15) is 12.2 Å². The number of hydrogen-bond acceptors (Lipinski definition) is 4. The normalized spacial score (nSPS) is 35.8. The first-order valence-corrected chi connectivity index (χ1v) is 7.05. The first-order chi connectivity index (χ1) is 9.81. The van der Waals surface area contributed by atoms with Crippen molar-refractivity contribution in [3.05, 3.63) is 47.0 Å². The van der Waals surface area contributed by atoms with Crippen LogP contribution in [0.25, 0.3) is 0 Å². The average Bonchev–Trinajstić information content (AvgIpc) is 2.54. The second-order valence-electron chi connectivity index (χ2n) is 4.86. The maximum atomic E-state index is 6.02. The van der Waals surface area contributed by atoms with Crippen LogP contribution in [0.15, 0.2) is 41.4 Å². The molecule has 0 amide bonds. The van der Waals surface area contributed by atoms with Crippen LogP contribution in [0.4, 0.5) is 0 Å². The van der Waals surface area contributed by atoms with E-state index in [1.807, 2.05) is 30.3 Å². The Balaban J connectivity index is 1.76. The van der Waals surface area contributed by atoms with Gasteiger partial charge in [0.25, 0.3) is 0 Å². The topological polar surface area (TPSA) is 36.9 Å². The standard InChI is InChI=1S/C15H17ClO4/c1-17-13-7-11(8-16)14-12(19-13)9-18-15(20-14)10-5-3-2-4-6-10/h2-6,8,12-15H,7,9H2,1H3/b11-8-/t12-,13+,14+,15?/m1/s1. The van der Waals surface area contributed by atoms with Gasteiger partial charge in [0.05, 0.1) is 6.61 Å². The van der Waals surface area contributed by atoms with Gasteiger partial charge in [0.15, 0.2) is 12.6 Å². The largest absolute Gasteiger partial charge is 0.356 e. The van der Waals surface area contributed by atoms with E-state index in [4.69, 9.17) is 30.5 Å². The van der Waals surface area contributed by atoms with Crippen LogP contribution in [0.1, 0.15) is 18.3 Å². The third-order valence-electron chi connectivity index (χ3n) is 3.59. The van der Waals surface area contributed by atoms with Gasteiger partial charge in [-0.2, -0.15) is 0 Å². The summed E-state index contributed by atoms with van der Waals surface area (Å²) in [6.45, 7) is 0.457. The summed E-state index contributed by atoms with van der Waals surface area (Å²) in [5.74, 6) is 0. The Kier molecular flexibility index (Phi) is 4.38. The number of rotatable bonds is 2. The van der Waals surface area contributed by atoms with Crippen LogP contribution in [0.5, 0.6) is 0 Å². The maximum Gasteiger partial charge on any atom is 0.184 e. The molecule has 108 valence electrons. The molecule has 2 fully saturated rings. The fraction of sp³-hybridized carbons (Fsp3) is 0.467. The number of halogens is 1. The average molecular weight is 297 g/mol. The number of fused-ring (bicyclic) bond motifs is 1. The molecule has 20 heavy (non-hydrogen) atoms. The summed E-state index contributed by atoms with van der Waals surface area (Å²) in [6, 6.07) is 9.86. The molecule has 0 saturated carbocycles. The van der Waals surface area contributed by atoms with E-state index >= 15 is 0 Å². The number of benzene rings is 1. The molecule has 0 radical (unpaired) electrons. The van der Waals surface area contributed by atoms with Gasteiger partial charge in [-0.3, -0.25) is 0 Å². The summed E-state index contributed by atoms with van der Waals surface area (Å²) in [4.78, 5) is 0. The Bertz CT molecular complexity index is 476. The van der Waals surface area contributed by atoms with Gasteiger partial charge in [0.2, 0.25) is 0 Å². The summed E-state index contributed by atoms with van der Waals surface area (Å²) in [5, 5.41) is 0. The molecule has 0 bridgehead atoms. The Morgan fingerprint density at radius 2 is 2.05 bits per heavy atom. The van der Waals surface area contributed by atoms with Crippen molar-refractivity contribution in [2.75, 3.05) is 13.7 Å². The second kappa shape index (κ2) is 6.24. The molecule has 1 unspecified atom stereocenters. The zero-order valence-electron chi connectivity index (χ0n) is 11.2. The molecule has 0 aromatic heterocycles. The zero-order valence-corrected chi connectivity index (χ0v) is 12.0. The smallest absolute Gasteiger partial charge is 0.184 e. The molecule has 2 saturated heterocycles. The first kappa shape index (κ1) is 14.0. The quantitative estimate of drug-likeness (QED) is 0.841. The third-order valence-corrected chi connectivity index (χ3v) is 3.87. The fourth-order valence-electron chi connectivity index (χ4n) is 2.55. The van der Waals surface area contributed by atoms with Crippen molar-refractivity contribution in [2.45, 2.75) is 31.2 Å². The molecule has 4 atom stereocenters. The van der Waals surface area contributed by atoms with Gasteiger partial charge in [-0.25, -0.2) is 0 Å². The van der Waals surface area contributed by atoms with Gasteiger partial charge in [-0.05, 0) is 5.57 Å². The number of ether oxygens (including phenoxy) is 4. The molecular formula is C15H17ClO4. The molecule has 1 aromatic rings. The Hall–Kier alpha value is -0.910. The minimum absolute atomic E-state index is 0.182. The van der Waals surface area contributed by atoms with E-state index in [2.05, 4.69) is 0 Å². The van der Waals surface area contributed by atoms with E-state index in [0.29, 0.717) is 13.0 Å². The lowest BCUT2D eigenvalue weighted by atomic mass is 9.98. The minimum atomic E-state index is -0.383. The van der Waals surface area contributed by atoms with Crippen LogP contribution in [-0.2, 0) is 18.9 Å². The highest BCUT2D eigenvalue weighted by atomic mass is 35.5. The van der Waals surface area contributed by atoms with E-state index in [0.717, 1.165) is 11.1 Å². The molecule has 4 nitrogen and oxygen atoms in total. The predicted molar refractivity (Wildman–Crippen MR) is 74.2 cm³/mol. The van der Waals surface area contributed by atoms with Crippen molar-refractivity contribution in [1.82, 2.24) is 0 Å². The summed E-state index contributed by atoms with van der Waals surface area (Å²) in [5.41, 5.74) is 3.55. The Morgan fingerprint density at radius 3 is 2.75 bits per heavy atom. The molecule has 1 aromatic carbocycles. The molecular weight excluding hydrogens is 280 g/mol. The predicted octanol–water partition coefficient (Wildman–Crippen LogP) is 2.98. The van der Waals surface area contributed by atoms with E-state index in [1.165, 1.54) is 0 Å². The van der Waals surface area contributed by atoms with Gasteiger partial charge >= 0.3 is 0 Å². The van der Waals surface area contributed by atoms with E-state index in [-0.39, 0.29) is 24.8 Å². The van der Waals surface area contributed by atoms with Crippen LogP contribution >= 0.6 is 11.6 Å². The summed E-state index contributed by atoms with van der Waals surface area (Å²) >= 11 is 5.92. The summed E-state index contributed by atoms with van der Waals surface area (Å²) < 4.78 is 22.8. The molecule has 0 spiro atoms. The van der Waals surface area contributed by atoms with E-state index < -0.39 is 0 Å². The second-order valence-corrected chi connectivity index (χ2v) is 5.08. The number of hydrogen-bond donors (Lipinski definition) is 0. The van der Waals surface area contributed by atoms with Crippen LogP contribution in [0, 0.1) is 0 Å². The highest BCUT2D eigenvalue weighted by Crippen LogP contribution is 2.36. The lowest BCUT2D eigenvalue weighted by molar-refractivity contribution is -0.298. The SMILES string of the molecule is CO[C@@H]1C/C(=C/Cl)[C@@H]2OC(c3ccccc3)OC[C@H]2O1. The summed E-state index contributed by atoms with van der Waals surface area (Å²) in [6.07, 6.45) is -0.423. The zero-order chi connectivity index (χ0) is 13.9. The lowest BCUT2D eigenvalue weighted by Crippen LogP contribution is -2.49. The van der Waals surface area contributed by atoms with Gasteiger partial charge in [0, 0.05) is 24.6 Å². The van der Waals surface area contributed by atoms with Crippen LogP contribution in [0.3, 0.4) is 0 Å². The maximum absolute atomic E-state index is 6.02. The van der Waals surface area contributed by atoms with E-state index in [9.17, 15) is 0 Å². The van der Waals surface area contributed by atoms with Crippen molar-refractivity contribution in [1.29, 1.82) is 0 Å². The van der Waals surface area contributed by atoms with Crippen LogP contribution in [-0.4, -0.2) is 32.2 Å². The fourth-order valence-corrected chi connectivity index (χ4v) is 2.76. The Labute approximate surface area is 123 Å². The van der Waals surface area contributed by atoms with Crippen molar-refractivity contribution in [3.8, 4) is 0 Å². The Morgan fingerprint density at radius 1 is 1.25 bits per heavy atom. The molecule has 0 aliphatic carbocycles. The highest BCUT2D eigenvalue weighted by molar-refractivity contribution is 6.25. The highest BCUT2D eigenvalue weighted by Gasteiger charge is 2.41. The first-order valence-electron chi connectivity index (χ1n) is 6.61. The summed E-state index contributed by atoms with van der Waals surface area (Å²) in [7, 11) is 1.62. The molecule has 5 heteroatoms. The molecule has 2 aliphatic heterocycles. The van der Waals surface area contributed by atoms with Gasteiger partial charge in [-0.15, -0.1) is 0 Å². The van der Waals surface area contributed by atoms with Crippen LogP contribution in [0.2, 0.25) is 0 Å². The van der Waals surface area contributed by atoms with Crippen molar-refractivity contribution in [3.63, 3.8) is 0 Å². The lowest BCUT2D eigenvalue weighted by Gasteiger charge is -2.42. The minimum Gasteiger partial charge on any atom is -0.356 e. The van der Waals surface area contributed by atoms with Crippen molar-refractivity contribution in [2.24, 2.45) is 0 Å². The van der Waals surface area contributed by atoms with Gasteiger partial charge < -0.3 is 18.9 Å². The van der Waals surface area contributed by atoms with E-state index in [1.54, 1.807) is 12.6 Å². The molecule has 0 N–H and O–H groups in total. The van der Waals surface area contributed by atoms with Crippen molar-refractivity contribution >= 4 is 11.6 Å².